The zero-order valence-corrected chi connectivity index (χ0v) is 15.2. The Morgan fingerprint density at radius 3 is 2.67 bits per heavy atom. The van der Waals surface area contributed by atoms with Crippen molar-refractivity contribution in [3.8, 4) is 0 Å². The molecule has 0 radical (unpaired) electrons. The molecule has 0 amide bonds. The number of rotatable bonds is 4. The lowest BCUT2D eigenvalue weighted by Crippen LogP contribution is -2.46. The highest BCUT2D eigenvalue weighted by Gasteiger charge is 2.42. The van der Waals surface area contributed by atoms with E-state index in [1.54, 1.807) is 11.3 Å². The molecule has 0 aromatic carbocycles. The number of halogens is 3. The number of nitrogens with one attached hydrogen (secondary N) is 2. The van der Waals surface area contributed by atoms with E-state index >= 15 is 0 Å². The van der Waals surface area contributed by atoms with Crippen molar-refractivity contribution in [2.45, 2.75) is 65.2 Å². The topological polar surface area (TPSA) is 49.3 Å². The number of aliphatic imine (C=N–C) groups is 1. The second-order valence-corrected chi connectivity index (χ2v) is 7.47. The number of aryl methyl sites for hydroxylation is 2. The monoisotopic (exact) mass is 362 g/mol. The molecular formula is C16H25F3N4S. The van der Waals surface area contributed by atoms with E-state index in [0.29, 0.717) is 25.5 Å². The molecule has 1 fully saturated rings. The smallest absolute Gasteiger partial charge is 0.357 e. The molecule has 1 aliphatic carbocycles. The van der Waals surface area contributed by atoms with Crippen LogP contribution in [0.3, 0.4) is 0 Å². The van der Waals surface area contributed by atoms with Gasteiger partial charge in [0.1, 0.15) is 0 Å². The van der Waals surface area contributed by atoms with Gasteiger partial charge in [0.2, 0.25) is 0 Å². The van der Waals surface area contributed by atoms with Crippen LogP contribution in [0.4, 0.5) is 13.2 Å². The van der Waals surface area contributed by atoms with Crippen LogP contribution < -0.4 is 10.6 Å². The van der Waals surface area contributed by atoms with Crippen molar-refractivity contribution >= 4 is 17.3 Å². The zero-order chi connectivity index (χ0) is 17.7. The minimum absolute atomic E-state index is 0.118. The molecule has 2 rings (SSSR count). The van der Waals surface area contributed by atoms with Crippen LogP contribution in [0, 0.1) is 19.8 Å². The second kappa shape index (κ2) is 8.18. The van der Waals surface area contributed by atoms with Gasteiger partial charge in [-0.2, -0.15) is 13.2 Å². The molecule has 8 heteroatoms. The van der Waals surface area contributed by atoms with E-state index in [0.717, 1.165) is 22.0 Å². The number of hydrogen-bond donors (Lipinski definition) is 2. The van der Waals surface area contributed by atoms with E-state index in [1.165, 1.54) is 0 Å². The summed E-state index contributed by atoms with van der Waals surface area (Å²) in [6, 6.07) is -0.188. The van der Waals surface area contributed by atoms with Gasteiger partial charge in [-0.3, -0.25) is 0 Å². The van der Waals surface area contributed by atoms with Gasteiger partial charge < -0.3 is 10.6 Å². The quantitative estimate of drug-likeness (QED) is 0.630. The summed E-state index contributed by atoms with van der Waals surface area (Å²) < 4.78 is 38.8. The number of nitrogens with zero attached hydrogens (tertiary/aromatic N) is 2. The second-order valence-electron chi connectivity index (χ2n) is 6.18. The van der Waals surface area contributed by atoms with Gasteiger partial charge in [0.15, 0.2) is 5.96 Å². The van der Waals surface area contributed by atoms with Crippen molar-refractivity contribution in [3.63, 3.8) is 0 Å². The molecule has 0 aliphatic heterocycles. The van der Waals surface area contributed by atoms with Gasteiger partial charge >= 0.3 is 6.18 Å². The van der Waals surface area contributed by atoms with Crippen LogP contribution >= 0.6 is 11.3 Å². The third-order valence-electron chi connectivity index (χ3n) is 4.20. The summed E-state index contributed by atoms with van der Waals surface area (Å²) in [5.41, 5.74) is 0.965. The standard InChI is InChI=1S/C16H25F3N4S/c1-4-20-15(21-9-14-10(2)22-11(3)24-14)23-13-7-5-6-12(8-13)16(17,18)19/h12-13H,4-9H2,1-3H3,(H2,20,21,23). The fraction of sp³-hybridized carbons (Fsp3) is 0.750. The zero-order valence-electron chi connectivity index (χ0n) is 14.3. The molecule has 1 aromatic rings. The van der Waals surface area contributed by atoms with Crippen LogP contribution in [0.15, 0.2) is 4.99 Å². The molecule has 2 unspecified atom stereocenters. The van der Waals surface area contributed by atoms with E-state index in [4.69, 9.17) is 0 Å². The first kappa shape index (κ1) is 19.0. The highest BCUT2D eigenvalue weighted by atomic mass is 32.1. The summed E-state index contributed by atoms with van der Waals surface area (Å²) in [6.45, 7) is 7.00. The number of aromatic nitrogens is 1. The summed E-state index contributed by atoms with van der Waals surface area (Å²) >= 11 is 1.60. The number of guanidine groups is 1. The first-order valence-electron chi connectivity index (χ1n) is 8.34. The van der Waals surface area contributed by atoms with Crippen LogP contribution in [-0.4, -0.2) is 29.7 Å². The Morgan fingerprint density at radius 1 is 1.33 bits per heavy atom. The Morgan fingerprint density at radius 2 is 2.08 bits per heavy atom. The summed E-state index contributed by atoms with van der Waals surface area (Å²) in [4.78, 5) is 9.98. The third-order valence-corrected chi connectivity index (χ3v) is 5.26. The lowest BCUT2D eigenvalue weighted by Gasteiger charge is -2.31. The van der Waals surface area contributed by atoms with Gasteiger partial charge in [-0.15, -0.1) is 11.3 Å². The molecule has 0 saturated heterocycles. The van der Waals surface area contributed by atoms with Crippen molar-refractivity contribution in [1.29, 1.82) is 0 Å². The predicted octanol–water partition coefficient (Wildman–Crippen LogP) is 3.94. The van der Waals surface area contributed by atoms with Gasteiger partial charge in [0.05, 0.1) is 23.2 Å². The SMILES string of the molecule is CCNC(=NCc1sc(C)nc1C)NC1CCCC(C(F)(F)F)C1. The molecule has 24 heavy (non-hydrogen) atoms. The maximum absolute atomic E-state index is 12.9. The Balaban J connectivity index is 1.99. The van der Waals surface area contributed by atoms with E-state index < -0.39 is 12.1 Å². The van der Waals surface area contributed by atoms with Gasteiger partial charge in [0, 0.05) is 17.5 Å². The van der Waals surface area contributed by atoms with Crippen LogP contribution in [0.2, 0.25) is 0 Å². The number of thiazole rings is 1. The van der Waals surface area contributed by atoms with Crippen LogP contribution in [0.25, 0.3) is 0 Å². The molecule has 1 aromatic heterocycles. The van der Waals surface area contributed by atoms with Crippen molar-refractivity contribution in [3.05, 3.63) is 15.6 Å². The normalized spacial score (nSPS) is 22.5. The molecule has 4 nitrogen and oxygen atoms in total. The Hall–Kier alpha value is -1.31. The first-order valence-corrected chi connectivity index (χ1v) is 9.15. The summed E-state index contributed by atoms with van der Waals surface area (Å²) in [6.07, 6.45) is -2.42. The third kappa shape index (κ3) is 5.36. The Bertz CT molecular complexity index is 568. The molecule has 2 N–H and O–H groups in total. The van der Waals surface area contributed by atoms with Crippen molar-refractivity contribution in [2.24, 2.45) is 10.9 Å². The number of hydrogen-bond acceptors (Lipinski definition) is 3. The molecule has 1 aliphatic rings. The van der Waals surface area contributed by atoms with Crippen molar-refractivity contribution in [1.82, 2.24) is 15.6 Å². The van der Waals surface area contributed by atoms with Crippen LogP contribution in [-0.2, 0) is 6.54 Å². The average molecular weight is 362 g/mol. The van der Waals surface area contributed by atoms with E-state index in [1.807, 2.05) is 20.8 Å². The van der Waals surface area contributed by atoms with Gasteiger partial charge in [-0.05, 0) is 40.0 Å². The molecule has 0 bridgehead atoms. The average Bonchev–Trinajstić information content (AvgIpc) is 2.82. The van der Waals surface area contributed by atoms with Gasteiger partial charge in [-0.25, -0.2) is 9.98 Å². The minimum atomic E-state index is -4.10. The highest BCUT2D eigenvalue weighted by molar-refractivity contribution is 7.11. The largest absolute Gasteiger partial charge is 0.391 e. The molecule has 2 atom stereocenters. The van der Waals surface area contributed by atoms with Crippen molar-refractivity contribution in [2.75, 3.05) is 6.54 Å². The molecular weight excluding hydrogens is 337 g/mol. The fourth-order valence-electron chi connectivity index (χ4n) is 3.00. The minimum Gasteiger partial charge on any atom is -0.357 e. The molecule has 136 valence electrons. The molecule has 0 spiro atoms. The highest BCUT2D eigenvalue weighted by Crippen LogP contribution is 2.37. The Labute approximate surface area is 145 Å². The van der Waals surface area contributed by atoms with E-state index in [9.17, 15) is 13.2 Å². The predicted molar refractivity (Wildman–Crippen MR) is 91.3 cm³/mol. The lowest BCUT2D eigenvalue weighted by atomic mass is 9.85. The lowest BCUT2D eigenvalue weighted by molar-refractivity contribution is -0.183. The van der Waals surface area contributed by atoms with Crippen molar-refractivity contribution < 1.29 is 13.2 Å². The number of alkyl halides is 3. The summed E-state index contributed by atoms with van der Waals surface area (Å²) in [5, 5.41) is 7.30. The first-order chi connectivity index (χ1) is 11.3. The fourth-order valence-corrected chi connectivity index (χ4v) is 3.86. The molecule has 1 saturated carbocycles. The summed E-state index contributed by atoms with van der Waals surface area (Å²) in [5.74, 6) is -0.631. The molecule has 1 heterocycles. The Kier molecular flexibility index (Phi) is 6.48. The van der Waals surface area contributed by atoms with Gasteiger partial charge in [0.25, 0.3) is 0 Å². The summed E-state index contributed by atoms with van der Waals surface area (Å²) in [7, 11) is 0. The maximum Gasteiger partial charge on any atom is 0.391 e. The van der Waals surface area contributed by atoms with E-state index in [-0.39, 0.29) is 18.9 Å². The van der Waals surface area contributed by atoms with Crippen LogP contribution in [0.5, 0.6) is 0 Å². The maximum atomic E-state index is 12.9. The van der Waals surface area contributed by atoms with Crippen LogP contribution in [0.1, 0.15) is 48.2 Å². The van der Waals surface area contributed by atoms with Gasteiger partial charge in [-0.1, -0.05) is 6.42 Å². The van der Waals surface area contributed by atoms with E-state index in [2.05, 4.69) is 20.6 Å².